The summed E-state index contributed by atoms with van der Waals surface area (Å²) in [4.78, 5) is 0. The van der Waals surface area contributed by atoms with Crippen molar-refractivity contribution in [2.75, 3.05) is 26.9 Å². The Bertz CT molecular complexity index is 336. The normalized spacial score (nSPS) is 12.7. The molecule has 1 N–H and O–H groups in total. The van der Waals surface area contributed by atoms with Crippen molar-refractivity contribution in [2.45, 2.75) is 26.4 Å². The Balaban J connectivity index is 2.41. The zero-order valence-electron chi connectivity index (χ0n) is 10.9. The van der Waals surface area contributed by atoms with Gasteiger partial charge in [0.15, 0.2) is 0 Å². The van der Waals surface area contributed by atoms with Crippen LogP contribution in [0.2, 0.25) is 0 Å². The average molecular weight is 238 g/mol. The number of ether oxygens (including phenoxy) is 2. The average Bonchev–Trinajstić information content (AvgIpc) is 2.32. The highest BCUT2D eigenvalue weighted by atomic mass is 16.5. The smallest absolute Gasteiger partial charge is 0.0814 e. The Kier molecular flexibility index (Phi) is 6.19. The SMILES string of the molecule is COCCOCCC(O)c1cc(C)ccc1C. The maximum absolute atomic E-state index is 10.1. The summed E-state index contributed by atoms with van der Waals surface area (Å²) >= 11 is 0. The molecule has 3 heteroatoms. The molecule has 1 aromatic rings. The van der Waals surface area contributed by atoms with Gasteiger partial charge in [-0.2, -0.15) is 0 Å². The molecule has 1 rings (SSSR count). The largest absolute Gasteiger partial charge is 0.388 e. The molecular weight excluding hydrogens is 216 g/mol. The number of methoxy groups -OCH3 is 1. The van der Waals surface area contributed by atoms with Crippen LogP contribution in [0.4, 0.5) is 0 Å². The predicted octanol–water partition coefficient (Wildman–Crippen LogP) is 2.39. The van der Waals surface area contributed by atoms with Crippen LogP contribution in [-0.4, -0.2) is 32.0 Å². The molecule has 0 aromatic heterocycles. The minimum absolute atomic E-state index is 0.447. The second-order valence-electron chi connectivity index (χ2n) is 4.27. The van der Waals surface area contributed by atoms with Crippen LogP contribution in [-0.2, 0) is 9.47 Å². The maximum atomic E-state index is 10.1. The quantitative estimate of drug-likeness (QED) is 0.741. The lowest BCUT2D eigenvalue weighted by atomic mass is 9.99. The fraction of sp³-hybridized carbons (Fsp3) is 0.571. The maximum Gasteiger partial charge on any atom is 0.0814 e. The van der Waals surface area contributed by atoms with Crippen molar-refractivity contribution >= 4 is 0 Å². The van der Waals surface area contributed by atoms with Crippen LogP contribution in [0, 0.1) is 13.8 Å². The molecule has 0 bridgehead atoms. The molecule has 17 heavy (non-hydrogen) atoms. The van der Waals surface area contributed by atoms with Gasteiger partial charge in [0, 0.05) is 20.1 Å². The molecular formula is C14H22O3. The molecule has 0 saturated heterocycles. The second kappa shape index (κ2) is 7.43. The van der Waals surface area contributed by atoms with E-state index in [-0.39, 0.29) is 0 Å². The van der Waals surface area contributed by atoms with E-state index in [9.17, 15) is 5.11 Å². The molecule has 0 amide bonds. The van der Waals surface area contributed by atoms with E-state index >= 15 is 0 Å². The van der Waals surface area contributed by atoms with Gasteiger partial charge >= 0.3 is 0 Å². The van der Waals surface area contributed by atoms with Crippen LogP contribution in [0.3, 0.4) is 0 Å². The third kappa shape index (κ3) is 4.86. The monoisotopic (exact) mass is 238 g/mol. The molecule has 0 fully saturated rings. The van der Waals surface area contributed by atoms with Crippen molar-refractivity contribution in [2.24, 2.45) is 0 Å². The van der Waals surface area contributed by atoms with E-state index in [1.165, 1.54) is 5.56 Å². The highest BCUT2D eigenvalue weighted by Crippen LogP contribution is 2.21. The van der Waals surface area contributed by atoms with E-state index in [1.807, 2.05) is 26.0 Å². The number of hydrogen-bond donors (Lipinski definition) is 1. The van der Waals surface area contributed by atoms with Crippen LogP contribution in [0.25, 0.3) is 0 Å². The molecule has 0 aliphatic carbocycles. The molecule has 0 spiro atoms. The van der Waals surface area contributed by atoms with E-state index in [0.717, 1.165) is 11.1 Å². The number of aryl methyl sites for hydroxylation is 2. The van der Waals surface area contributed by atoms with Crippen LogP contribution in [0.5, 0.6) is 0 Å². The summed E-state index contributed by atoms with van der Waals surface area (Å²) in [6.45, 7) is 5.78. The Labute approximate surface area is 103 Å². The van der Waals surface area contributed by atoms with Crippen molar-refractivity contribution in [3.8, 4) is 0 Å². The molecule has 0 heterocycles. The van der Waals surface area contributed by atoms with Crippen molar-refractivity contribution < 1.29 is 14.6 Å². The third-order valence-electron chi connectivity index (χ3n) is 2.76. The fourth-order valence-corrected chi connectivity index (χ4v) is 1.71. The van der Waals surface area contributed by atoms with E-state index in [4.69, 9.17) is 9.47 Å². The lowest BCUT2D eigenvalue weighted by Gasteiger charge is -2.14. The van der Waals surface area contributed by atoms with Gasteiger partial charge in [-0.1, -0.05) is 23.8 Å². The summed E-state index contributed by atoms with van der Waals surface area (Å²) in [5, 5.41) is 10.1. The first-order valence-corrected chi connectivity index (χ1v) is 5.97. The lowest BCUT2D eigenvalue weighted by molar-refractivity contribution is 0.0474. The summed E-state index contributed by atoms with van der Waals surface area (Å²) in [5.74, 6) is 0. The van der Waals surface area contributed by atoms with Gasteiger partial charge in [0.05, 0.1) is 19.3 Å². The molecule has 0 saturated carbocycles. The number of aliphatic hydroxyl groups excluding tert-OH is 1. The molecule has 96 valence electrons. The van der Waals surface area contributed by atoms with Crippen LogP contribution in [0.15, 0.2) is 18.2 Å². The predicted molar refractivity (Wildman–Crippen MR) is 68.2 cm³/mol. The highest BCUT2D eigenvalue weighted by molar-refractivity contribution is 5.32. The van der Waals surface area contributed by atoms with Crippen molar-refractivity contribution in [1.29, 1.82) is 0 Å². The van der Waals surface area contributed by atoms with Crippen molar-refractivity contribution in [3.63, 3.8) is 0 Å². The zero-order valence-corrected chi connectivity index (χ0v) is 10.9. The fourth-order valence-electron chi connectivity index (χ4n) is 1.71. The van der Waals surface area contributed by atoms with E-state index in [2.05, 4.69) is 6.07 Å². The van der Waals surface area contributed by atoms with Crippen LogP contribution < -0.4 is 0 Å². The number of benzene rings is 1. The molecule has 0 aliphatic rings. The van der Waals surface area contributed by atoms with E-state index in [0.29, 0.717) is 26.2 Å². The third-order valence-corrected chi connectivity index (χ3v) is 2.76. The van der Waals surface area contributed by atoms with E-state index < -0.39 is 6.10 Å². The first-order valence-electron chi connectivity index (χ1n) is 5.97. The Morgan fingerprint density at radius 3 is 2.65 bits per heavy atom. The molecule has 1 aromatic carbocycles. The van der Waals surface area contributed by atoms with Crippen LogP contribution >= 0.6 is 0 Å². The molecule has 1 unspecified atom stereocenters. The molecule has 1 atom stereocenters. The number of hydrogen-bond acceptors (Lipinski definition) is 3. The molecule has 0 aliphatic heterocycles. The van der Waals surface area contributed by atoms with Gasteiger partial charge in [0.1, 0.15) is 0 Å². The second-order valence-corrected chi connectivity index (χ2v) is 4.27. The summed E-state index contributed by atoms with van der Waals surface area (Å²) in [7, 11) is 1.65. The summed E-state index contributed by atoms with van der Waals surface area (Å²) in [6, 6.07) is 6.13. The summed E-state index contributed by atoms with van der Waals surface area (Å²) in [6.07, 6.45) is 0.172. The van der Waals surface area contributed by atoms with Gasteiger partial charge in [-0.05, 0) is 25.0 Å². The lowest BCUT2D eigenvalue weighted by Crippen LogP contribution is -2.08. The van der Waals surface area contributed by atoms with Gasteiger partial charge in [0.2, 0.25) is 0 Å². The first kappa shape index (κ1) is 14.2. The zero-order chi connectivity index (χ0) is 12.7. The van der Waals surface area contributed by atoms with Gasteiger partial charge in [0.25, 0.3) is 0 Å². The topological polar surface area (TPSA) is 38.7 Å². The van der Waals surface area contributed by atoms with Gasteiger partial charge in [-0.15, -0.1) is 0 Å². The number of aliphatic hydroxyl groups is 1. The molecule has 3 nitrogen and oxygen atoms in total. The first-order chi connectivity index (χ1) is 8.15. The minimum Gasteiger partial charge on any atom is -0.388 e. The summed E-state index contributed by atoms with van der Waals surface area (Å²) < 4.78 is 10.2. The van der Waals surface area contributed by atoms with Crippen LogP contribution in [0.1, 0.15) is 29.2 Å². The van der Waals surface area contributed by atoms with Crippen molar-refractivity contribution in [3.05, 3.63) is 34.9 Å². The number of rotatable bonds is 7. The molecule has 0 radical (unpaired) electrons. The summed E-state index contributed by atoms with van der Waals surface area (Å²) in [5.41, 5.74) is 3.30. The highest BCUT2D eigenvalue weighted by Gasteiger charge is 2.10. The van der Waals surface area contributed by atoms with Gasteiger partial charge in [-0.3, -0.25) is 0 Å². The van der Waals surface area contributed by atoms with Crippen molar-refractivity contribution in [1.82, 2.24) is 0 Å². The Morgan fingerprint density at radius 1 is 1.18 bits per heavy atom. The van der Waals surface area contributed by atoms with Gasteiger partial charge in [-0.25, -0.2) is 0 Å². The Hall–Kier alpha value is -0.900. The van der Waals surface area contributed by atoms with Gasteiger partial charge < -0.3 is 14.6 Å². The standard InChI is InChI=1S/C14H22O3/c1-11-4-5-12(2)13(10-11)14(15)6-7-17-9-8-16-3/h4-5,10,14-15H,6-9H2,1-3H3. The van der Waals surface area contributed by atoms with E-state index in [1.54, 1.807) is 7.11 Å². The Morgan fingerprint density at radius 2 is 1.94 bits per heavy atom. The minimum atomic E-state index is -0.447.